The van der Waals surface area contributed by atoms with Gasteiger partial charge >= 0.3 is 0 Å². The molecule has 1 saturated heterocycles. The Labute approximate surface area is 110 Å². The molecule has 0 saturated carbocycles. The highest BCUT2D eigenvalue weighted by Crippen LogP contribution is 2.31. The molecule has 2 rings (SSSR count). The molecule has 18 heavy (non-hydrogen) atoms. The van der Waals surface area contributed by atoms with E-state index in [9.17, 15) is 0 Å². The highest BCUT2D eigenvalue weighted by Gasteiger charge is 2.36. The molecule has 3 nitrogen and oxygen atoms in total. The molecule has 0 radical (unpaired) electrons. The Morgan fingerprint density at radius 2 is 2.11 bits per heavy atom. The lowest BCUT2D eigenvalue weighted by Crippen LogP contribution is -2.53. The number of para-hydroxylation sites is 1. The molecule has 1 aliphatic rings. The van der Waals surface area contributed by atoms with Gasteiger partial charge in [0.15, 0.2) is 0 Å². The minimum absolute atomic E-state index is 0.0193. The van der Waals surface area contributed by atoms with Gasteiger partial charge in [-0.25, -0.2) is 0 Å². The summed E-state index contributed by atoms with van der Waals surface area (Å²) >= 11 is 0. The maximum Gasteiger partial charge on any atom is 0.0620 e. The Balaban J connectivity index is 2.10. The second-order valence-corrected chi connectivity index (χ2v) is 5.58. The second-order valence-electron chi connectivity index (χ2n) is 5.58. The van der Waals surface area contributed by atoms with E-state index in [0.29, 0.717) is 18.6 Å². The zero-order valence-corrected chi connectivity index (χ0v) is 11.4. The quantitative estimate of drug-likeness (QED) is 0.861. The van der Waals surface area contributed by atoms with Crippen LogP contribution in [-0.4, -0.2) is 24.8 Å². The van der Waals surface area contributed by atoms with Crippen molar-refractivity contribution in [3.05, 3.63) is 30.3 Å². The van der Waals surface area contributed by atoms with Crippen molar-refractivity contribution in [3.8, 4) is 0 Å². The van der Waals surface area contributed by atoms with Crippen molar-refractivity contribution in [1.29, 1.82) is 0 Å². The van der Waals surface area contributed by atoms with Crippen LogP contribution in [0, 0.1) is 5.92 Å². The molecule has 1 aromatic rings. The molecule has 0 aromatic heterocycles. The van der Waals surface area contributed by atoms with Crippen molar-refractivity contribution in [3.63, 3.8) is 0 Å². The molecular formula is C15H24N2O. The van der Waals surface area contributed by atoms with Gasteiger partial charge in [0.1, 0.15) is 0 Å². The van der Waals surface area contributed by atoms with E-state index in [1.165, 1.54) is 0 Å². The third-order valence-electron chi connectivity index (χ3n) is 3.82. The van der Waals surface area contributed by atoms with Gasteiger partial charge in [0.2, 0.25) is 0 Å². The summed E-state index contributed by atoms with van der Waals surface area (Å²) in [5, 5.41) is 3.62. The standard InChI is InChI=1S/C15H24N2O/c1-12(2)14-10-15(11-16,8-9-18-14)17-13-6-4-3-5-7-13/h3-7,12,14,17H,8-11,16H2,1-2H3. The van der Waals surface area contributed by atoms with Gasteiger partial charge in [-0.05, 0) is 30.9 Å². The largest absolute Gasteiger partial charge is 0.378 e. The van der Waals surface area contributed by atoms with E-state index < -0.39 is 0 Å². The van der Waals surface area contributed by atoms with Gasteiger partial charge in [-0.1, -0.05) is 32.0 Å². The molecule has 2 unspecified atom stereocenters. The van der Waals surface area contributed by atoms with E-state index in [1.807, 2.05) is 18.2 Å². The van der Waals surface area contributed by atoms with Gasteiger partial charge in [0, 0.05) is 18.8 Å². The number of nitrogens with two attached hydrogens (primary N) is 1. The van der Waals surface area contributed by atoms with E-state index in [-0.39, 0.29) is 5.54 Å². The number of ether oxygens (including phenoxy) is 1. The molecule has 100 valence electrons. The molecule has 1 aromatic carbocycles. The zero-order chi connectivity index (χ0) is 13.0. The van der Waals surface area contributed by atoms with Crippen LogP contribution in [0.15, 0.2) is 30.3 Å². The predicted octanol–water partition coefficient (Wildman–Crippen LogP) is 2.63. The van der Waals surface area contributed by atoms with Crippen LogP contribution in [-0.2, 0) is 4.74 Å². The molecule has 0 amide bonds. The Morgan fingerprint density at radius 3 is 2.72 bits per heavy atom. The molecule has 1 aliphatic heterocycles. The van der Waals surface area contributed by atoms with Gasteiger partial charge in [-0.3, -0.25) is 0 Å². The van der Waals surface area contributed by atoms with Crippen molar-refractivity contribution in [2.75, 3.05) is 18.5 Å². The number of benzene rings is 1. The van der Waals surface area contributed by atoms with Crippen LogP contribution in [0.4, 0.5) is 5.69 Å². The third kappa shape index (κ3) is 3.03. The minimum atomic E-state index is -0.0193. The van der Waals surface area contributed by atoms with Crippen molar-refractivity contribution in [1.82, 2.24) is 0 Å². The second kappa shape index (κ2) is 5.72. The normalized spacial score (nSPS) is 28.3. The Hall–Kier alpha value is -1.06. The Kier molecular flexibility index (Phi) is 4.25. The fourth-order valence-corrected chi connectivity index (χ4v) is 2.56. The van der Waals surface area contributed by atoms with Crippen molar-refractivity contribution < 1.29 is 4.74 Å². The minimum Gasteiger partial charge on any atom is -0.378 e. The van der Waals surface area contributed by atoms with Crippen LogP contribution >= 0.6 is 0 Å². The van der Waals surface area contributed by atoms with Crippen LogP contribution in [0.3, 0.4) is 0 Å². The maximum absolute atomic E-state index is 6.03. The summed E-state index contributed by atoms with van der Waals surface area (Å²) in [5.41, 5.74) is 7.16. The van der Waals surface area contributed by atoms with E-state index in [2.05, 4.69) is 31.3 Å². The summed E-state index contributed by atoms with van der Waals surface area (Å²) in [5.74, 6) is 0.536. The number of anilines is 1. The molecule has 0 bridgehead atoms. The first-order valence-electron chi connectivity index (χ1n) is 6.80. The zero-order valence-electron chi connectivity index (χ0n) is 11.4. The molecule has 1 fully saturated rings. The fraction of sp³-hybridized carbons (Fsp3) is 0.600. The molecule has 0 spiro atoms. The van der Waals surface area contributed by atoms with Crippen molar-refractivity contribution in [2.24, 2.45) is 11.7 Å². The summed E-state index contributed by atoms with van der Waals surface area (Å²) in [4.78, 5) is 0. The van der Waals surface area contributed by atoms with Crippen LogP contribution in [0.25, 0.3) is 0 Å². The fourth-order valence-electron chi connectivity index (χ4n) is 2.56. The topological polar surface area (TPSA) is 47.3 Å². The van der Waals surface area contributed by atoms with Gasteiger partial charge < -0.3 is 15.8 Å². The van der Waals surface area contributed by atoms with Crippen LogP contribution in [0.2, 0.25) is 0 Å². The molecule has 1 heterocycles. The Bertz CT molecular complexity index is 366. The molecule has 3 heteroatoms. The van der Waals surface area contributed by atoms with E-state index in [4.69, 9.17) is 10.5 Å². The molecule has 2 atom stereocenters. The number of nitrogens with one attached hydrogen (secondary N) is 1. The summed E-state index contributed by atoms with van der Waals surface area (Å²) in [6, 6.07) is 10.3. The van der Waals surface area contributed by atoms with Gasteiger partial charge in [0.05, 0.1) is 11.6 Å². The number of hydrogen-bond acceptors (Lipinski definition) is 3. The van der Waals surface area contributed by atoms with E-state index in [0.717, 1.165) is 25.1 Å². The predicted molar refractivity (Wildman–Crippen MR) is 75.7 cm³/mol. The highest BCUT2D eigenvalue weighted by molar-refractivity contribution is 5.45. The SMILES string of the molecule is CC(C)C1CC(CN)(Nc2ccccc2)CCO1. The maximum atomic E-state index is 6.03. The number of rotatable bonds is 4. The monoisotopic (exact) mass is 248 g/mol. The summed E-state index contributed by atoms with van der Waals surface area (Å²) in [6.07, 6.45) is 2.26. The highest BCUT2D eigenvalue weighted by atomic mass is 16.5. The lowest BCUT2D eigenvalue weighted by Gasteiger charge is -2.42. The smallest absolute Gasteiger partial charge is 0.0620 e. The van der Waals surface area contributed by atoms with Gasteiger partial charge in [-0.15, -0.1) is 0 Å². The molecule has 0 aliphatic carbocycles. The van der Waals surface area contributed by atoms with Crippen molar-refractivity contribution >= 4 is 5.69 Å². The lowest BCUT2D eigenvalue weighted by atomic mass is 9.83. The lowest BCUT2D eigenvalue weighted by molar-refractivity contribution is -0.0357. The van der Waals surface area contributed by atoms with Gasteiger partial charge in [-0.2, -0.15) is 0 Å². The first-order valence-corrected chi connectivity index (χ1v) is 6.80. The molecular weight excluding hydrogens is 224 g/mol. The Morgan fingerprint density at radius 1 is 1.39 bits per heavy atom. The summed E-state index contributed by atoms with van der Waals surface area (Å²) < 4.78 is 5.84. The van der Waals surface area contributed by atoms with E-state index in [1.54, 1.807) is 0 Å². The average Bonchev–Trinajstić information content (AvgIpc) is 2.40. The van der Waals surface area contributed by atoms with Crippen LogP contribution in [0.5, 0.6) is 0 Å². The summed E-state index contributed by atoms with van der Waals surface area (Å²) in [7, 11) is 0. The van der Waals surface area contributed by atoms with Crippen LogP contribution in [0.1, 0.15) is 26.7 Å². The number of hydrogen-bond donors (Lipinski definition) is 2. The first-order chi connectivity index (χ1) is 8.65. The molecule has 3 N–H and O–H groups in total. The van der Waals surface area contributed by atoms with Crippen LogP contribution < -0.4 is 11.1 Å². The first kappa shape index (κ1) is 13.4. The van der Waals surface area contributed by atoms with Crippen molar-refractivity contribution in [2.45, 2.75) is 38.3 Å². The van der Waals surface area contributed by atoms with Gasteiger partial charge in [0.25, 0.3) is 0 Å². The average molecular weight is 248 g/mol. The summed E-state index contributed by atoms with van der Waals surface area (Å²) in [6.45, 7) is 5.86. The van der Waals surface area contributed by atoms with E-state index >= 15 is 0 Å². The third-order valence-corrected chi connectivity index (χ3v) is 3.82.